The van der Waals surface area contributed by atoms with Crippen LogP contribution in [0.2, 0.25) is 0 Å². The van der Waals surface area contributed by atoms with Gasteiger partial charge in [0.2, 0.25) is 5.88 Å². The minimum Gasteiger partial charge on any atom is -0.493 e. The average molecular weight is 394 g/mol. The average Bonchev–Trinajstić information content (AvgIpc) is 3.15. The van der Waals surface area contributed by atoms with Gasteiger partial charge in [-0.25, -0.2) is 4.79 Å². The smallest absolute Gasteiger partial charge is 0.452 e. The fourth-order valence-electron chi connectivity index (χ4n) is 2.79. The van der Waals surface area contributed by atoms with E-state index >= 15 is 0 Å². The number of Topliss-reactive ketones (excluding diaryl/α,β-unsaturated/α-hetero) is 1. The van der Waals surface area contributed by atoms with Crippen molar-refractivity contribution in [2.24, 2.45) is 17.3 Å². The van der Waals surface area contributed by atoms with E-state index in [9.17, 15) is 19.5 Å². The molecule has 0 spiro atoms. The summed E-state index contributed by atoms with van der Waals surface area (Å²) < 4.78 is 6.21. The number of nitrogens with one attached hydrogen (secondary N) is 1. The van der Waals surface area contributed by atoms with Gasteiger partial charge in [-0.2, -0.15) is 0 Å². The molecule has 9 nitrogen and oxygen atoms in total. The Labute approximate surface area is 165 Å². The normalized spacial score (nSPS) is 12.5. The first-order valence-corrected chi connectivity index (χ1v) is 8.73. The molecule has 0 unspecified atom stereocenters. The number of anilines is 1. The first kappa shape index (κ1) is 19.7. The van der Waals surface area contributed by atoms with Gasteiger partial charge in [0.05, 0.1) is 23.4 Å². The molecule has 1 aliphatic rings. The molecule has 0 atom stereocenters. The first-order valence-electron chi connectivity index (χ1n) is 8.73. The van der Waals surface area contributed by atoms with E-state index in [4.69, 9.17) is 0 Å². The lowest BCUT2D eigenvalue weighted by Gasteiger charge is -1.95. The highest BCUT2D eigenvalue weighted by molar-refractivity contribution is 6.51. The molecule has 4 rings (SSSR count). The molecule has 2 aromatic carbocycles. The van der Waals surface area contributed by atoms with E-state index in [1.54, 1.807) is 48.9 Å². The van der Waals surface area contributed by atoms with Gasteiger partial charge in [0.1, 0.15) is 0 Å². The summed E-state index contributed by atoms with van der Waals surface area (Å²) >= 11 is 0. The molecule has 1 aromatic heterocycles. The zero-order valence-corrected chi connectivity index (χ0v) is 15.7. The maximum Gasteiger partial charge on any atom is 0.452 e. The summed E-state index contributed by atoms with van der Waals surface area (Å²) in [7, 11) is 1.71. The number of aryl methyl sites for hydroxylation is 1. The van der Waals surface area contributed by atoms with Crippen molar-refractivity contribution < 1.29 is 24.2 Å². The number of azo groups is 1. The largest absolute Gasteiger partial charge is 0.493 e. The van der Waals surface area contributed by atoms with Crippen LogP contribution in [0, 0.1) is 0 Å². The lowest BCUT2D eigenvalue weighted by Crippen LogP contribution is -2.12. The molecule has 0 radical (unpaired) electrons. The second-order valence-electron chi connectivity index (χ2n) is 5.98. The molecule has 2 amide bonds. The number of benzene rings is 2. The SMILES string of the molecule is CCOC(=O)N=Nc1c(O)n(C)c2ccccc12.O=C1Nc2ccccc2C1=O. The van der Waals surface area contributed by atoms with Crippen LogP contribution >= 0.6 is 0 Å². The van der Waals surface area contributed by atoms with E-state index in [0.29, 0.717) is 11.3 Å². The summed E-state index contributed by atoms with van der Waals surface area (Å²) in [5.74, 6) is -1.02. The summed E-state index contributed by atoms with van der Waals surface area (Å²) in [6.45, 7) is 1.92. The predicted molar refractivity (Wildman–Crippen MR) is 106 cm³/mol. The maximum atomic E-state index is 11.1. The molecule has 0 saturated heterocycles. The van der Waals surface area contributed by atoms with Gasteiger partial charge in [-0.1, -0.05) is 35.4 Å². The molecule has 3 aromatic rings. The van der Waals surface area contributed by atoms with Crippen molar-refractivity contribution >= 4 is 40.1 Å². The summed E-state index contributed by atoms with van der Waals surface area (Å²) in [6, 6.07) is 14.2. The van der Waals surface area contributed by atoms with Gasteiger partial charge in [0.15, 0.2) is 5.69 Å². The Morgan fingerprint density at radius 3 is 2.55 bits per heavy atom. The third kappa shape index (κ3) is 3.98. The molecule has 0 saturated carbocycles. The van der Waals surface area contributed by atoms with Crippen LogP contribution in [0.4, 0.5) is 16.2 Å². The van der Waals surface area contributed by atoms with Crippen LogP contribution in [0.5, 0.6) is 5.88 Å². The minimum absolute atomic E-state index is 0.0377. The molecule has 148 valence electrons. The van der Waals surface area contributed by atoms with Gasteiger partial charge in [0, 0.05) is 12.4 Å². The second-order valence-corrected chi connectivity index (χ2v) is 5.98. The van der Waals surface area contributed by atoms with E-state index < -0.39 is 17.8 Å². The minimum atomic E-state index is -0.773. The number of carbonyl (C=O) groups excluding carboxylic acids is 3. The molecule has 0 bridgehead atoms. The molecular weight excluding hydrogens is 376 g/mol. The quantitative estimate of drug-likeness (QED) is 0.503. The van der Waals surface area contributed by atoms with E-state index in [1.165, 1.54) is 0 Å². The monoisotopic (exact) mass is 394 g/mol. The van der Waals surface area contributed by atoms with Crippen molar-refractivity contribution in [1.29, 1.82) is 0 Å². The predicted octanol–water partition coefficient (Wildman–Crippen LogP) is 3.95. The van der Waals surface area contributed by atoms with Gasteiger partial charge < -0.3 is 19.7 Å². The summed E-state index contributed by atoms with van der Waals surface area (Å²) in [5, 5.41) is 20.3. The van der Waals surface area contributed by atoms with Crippen LogP contribution in [0.1, 0.15) is 17.3 Å². The number of rotatable bonds is 2. The molecular formula is C20H18N4O5. The zero-order valence-electron chi connectivity index (χ0n) is 15.7. The van der Waals surface area contributed by atoms with Gasteiger partial charge in [-0.05, 0) is 25.1 Å². The second kappa shape index (κ2) is 8.34. The van der Waals surface area contributed by atoms with E-state index in [-0.39, 0.29) is 18.2 Å². The number of para-hydroxylation sites is 2. The standard InChI is InChI=1S/C12H13N3O3.C8H5NO2/c1-3-18-12(17)14-13-10-8-6-4-5-7-9(8)15(2)11(10)16;10-7-5-3-1-2-4-6(5)9-8(7)11/h4-7,16H,3H2,1-2H3;1-4H,(H,9,10,11). The number of amides is 2. The summed E-state index contributed by atoms with van der Waals surface area (Å²) in [6.07, 6.45) is -0.773. The number of nitrogens with zero attached hydrogens (tertiary/aromatic N) is 3. The number of aromatic hydroxyl groups is 1. The Bertz CT molecular complexity index is 1130. The molecule has 0 fully saturated rings. The van der Waals surface area contributed by atoms with Crippen LogP contribution in [0.15, 0.2) is 58.8 Å². The Balaban J connectivity index is 0.000000186. The number of hydrogen-bond donors (Lipinski definition) is 2. The van der Waals surface area contributed by atoms with Crippen molar-refractivity contribution in [2.75, 3.05) is 11.9 Å². The highest BCUT2D eigenvalue weighted by atomic mass is 16.5. The summed E-state index contributed by atoms with van der Waals surface area (Å²) in [4.78, 5) is 32.9. The fraction of sp³-hybridized carbons (Fsp3) is 0.150. The van der Waals surface area contributed by atoms with Gasteiger partial charge in [-0.3, -0.25) is 9.59 Å². The van der Waals surface area contributed by atoms with Crippen molar-refractivity contribution in [1.82, 2.24) is 4.57 Å². The highest BCUT2D eigenvalue weighted by Gasteiger charge is 2.26. The number of hydrogen-bond acceptors (Lipinski definition) is 6. The van der Waals surface area contributed by atoms with E-state index in [0.717, 1.165) is 10.9 Å². The van der Waals surface area contributed by atoms with Gasteiger partial charge in [-0.15, -0.1) is 5.11 Å². The van der Waals surface area contributed by atoms with Crippen molar-refractivity contribution in [3.8, 4) is 5.88 Å². The molecule has 0 aliphatic carbocycles. The maximum absolute atomic E-state index is 11.1. The van der Waals surface area contributed by atoms with Crippen LogP contribution < -0.4 is 5.32 Å². The van der Waals surface area contributed by atoms with Crippen molar-refractivity contribution in [3.63, 3.8) is 0 Å². The molecule has 29 heavy (non-hydrogen) atoms. The van der Waals surface area contributed by atoms with Gasteiger partial charge >= 0.3 is 6.09 Å². The van der Waals surface area contributed by atoms with Crippen molar-refractivity contribution in [3.05, 3.63) is 54.1 Å². The topological polar surface area (TPSA) is 122 Å². The Morgan fingerprint density at radius 1 is 1.14 bits per heavy atom. The molecule has 2 heterocycles. The van der Waals surface area contributed by atoms with Crippen LogP contribution in [-0.2, 0) is 16.6 Å². The number of ether oxygens (including phenoxy) is 1. The van der Waals surface area contributed by atoms with E-state index in [1.807, 2.05) is 18.2 Å². The summed E-state index contributed by atoms with van der Waals surface area (Å²) in [5.41, 5.74) is 2.16. The van der Waals surface area contributed by atoms with Crippen LogP contribution in [0.25, 0.3) is 10.9 Å². The number of carbonyl (C=O) groups is 3. The zero-order chi connectivity index (χ0) is 21.0. The lowest BCUT2D eigenvalue weighted by atomic mass is 10.1. The van der Waals surface area contributed by atoms with Crippen molar-refractivity contribution in [2.45, 2.75) is 6.92 Å². The number of fused-ring (bicyclic) bond motifs is 2. The molecule has 1 aliphatic heterocycles. The third-order valence-electron chi connectivity index (χ3n) is 4.18. The Hall–Kier alpha value is -4.01. The third-order valence-corrected chi connectivity index (χ3v) is 4.18. The number of ketones is 1. The Morgan fingerprint density at radius 2 is 1.83 bits per heavy atom. The lowest BCUT2D eigenvalue weighted by molar-refractivity contribution is -0.112. The van der Waals surface area contributed by atoms with Crippen LogP contribution in [0.3, 0.4) is 0 Å². The fourth-order valence-corrected chi connectivity index (χ4v) is 2.79. The molecule has 9 heteroatoms. The first-order chi connectivity index (χ1) is 13.9. The molecule has 2 N–H and O–H groups in total. The Kier molecular flexibility index (Phi) is 5.68. The van der Waals surface area contributed by atoms with E-state index in [2.05, 4.69) is 20.3 Å². The highest BCUT2D eigenvalue weighted by Crippen LogP contribution is 2.37. The van der Waals surface area contributed by atoms with Crippen LogP contribution in [-0.4, -0.2) is 34.1 Å². The van der Waals surface area contributed by atoms with Gasteiger partial charge in [0.25, 0.3) is 11.7 Å². The number of aromatic nitrogens is 1.